The molecule has 0 radical (unpaired) electrons. The van der Waals surface area contributed by atoms with E-state index >= 15 is 0 Å². The Morgan fingerprint density at radius 2 is 1.83 bits per heavy atom. The Kier molecular flexibility index (Phi) is 4.64. The number of aliphatic hydroxyl groups excluding tert-OH is 1. The number of fused-ring (bicyclic) bond motifs is 2. The van der Waals surface area contributed by atoms with E-state index in [0.29, 0.717) is 32.1 Å². The summed E-state index contributed by atoms with van der Waals surface area (Å²) in [6.07, 6.45) is 4.78. The smallest absolute Gasteiger partial charge is 0.252 e. The highest BCUT2D eigenvalue weighted by Gasteiger charge is 2.64. The summed E-state index contributed by atoms with van der Waals surface area (Å²) in [6.45, 7) is 2.03. The molecule has 7 heteroatoms. The van der Waals surface area contributed by atoms with Crippen LogP contribution in [0, 0.1) is 0 Å². The van der Waals surface area contributed by atoms with Crippen LogP contribution in [0.25, 0.3) is 0 Å². The average molecular weight is 399 g/mol. The molecule has 3 aliphatic heterocycles. The third-order valence-corrected chi connectivity index (χ3v) is 7.29. The van der Waals surface area contributed by atoms with E-state index in [-0.39, 0.29) is 18.4 Å². The molecule has 3 heterocycles. The van der Waals surface area contributed by atoms with Gasteiger partial charge in [0.2, 0.25) is 5.91 Å². The number of hydrogen-bond acceptors (Lipinski definition) is 6. The van der Waals surface area contributed by atoms with Crippen LogP contribution in [0.5, 0.6) is 5.75 Å². The van der Waals surface area contributed by atoms with E-state index in [4.69, 9.17) is 4.74 Å². The number of amides is 2. The Bertz CT molecular complexity index is 799. The lowest BCUT2D eigenvalue weighted by Gasteiger charge is -2.60. The summed E-state index contributed by atoms with van der Waals surface area (Å²) in [7, 11) is 1.61. The van der Waals surface area contributed by atoms with Crippen LogP contribution in [0.3, 0.4) is 0 Å². The Hall–Kier alpha value is -1.96. The second kappa shape index (κ2) is 7.07. The van der Waals surface area contributed by atoms with E-state index in [9.17, 15) is 14.7 Å². The number of aliphatic hydroxyl groups is 1. The molecular weight excluding hydrogens is 370 g/mol. The van der Waals surface area contributed by atoms with Gasteiger partial charge in [-0.05, 0) is 37.0 Å². The van der Waals surface area contributed by atoms with Gasteiger partial charge in [-0.1, -0.05) is 25.0 Å². The van der Waals surface area contributed by atoms with E-state index in [0.717, 1.165) is 11.3 Å². The average Bonchev–Trinajstić information content (AvgIpc) is 3.35. The first-order chi connectivity index (χ1) is 14.0. The first kappa shape index (κ1) is 19.0. The van der Waals surface area contributed by atoms with Gasteiger partial charge >= 0.3 is 0 Å². The summed E-state index contributed by atoms with van der Waals surface area (Å²) in [5.74, 6) is 0.475. The van der Waals surface area contributed by atoms with Gasteiger partial charge in [0.05, 0.1) is 25.8 Å². The molecule has 1 saturated carbocycles. The van der Waals surface area contributed by atoms with Gasteiger partial charge in [0.25, 0.3) is 5.91 Å². The maximum atomic E-state index is 13.6. The summed E-state index contributed by atoms with van der Waals surface area (Å²) in [6, 6.07) is 7.65. The highest BCUT2D eigenvalue weighted by molar-refractivity contribution is 6.06. The molecule has 1 N–H and O–H groups in total. The van der Waals surface area contributed by atoms with Crippen molar-refractivity contribution in [2.45, 2.75) is 62.4 Å². The number of hydrogen-bond donors (Lipinski definition) is 1. The lowest BCUT2D eigenvalue weighted by atomic mass is 9.81. The molecule has 3 saturated heterocycles. The van der Waals surface area contributed by atoms with Gasteiger partial charge in [-0.25, -0.2) is 0 Å². The fourth-order valence-electron chi connectivity index (χ4n) is 5.71. The molecule has 0 bridgehead atoms. The second-order valence-electron chi connectivity index (χ2n) is 9.01. The number of nitrogens with zero attached hydrogens (tertiary/aromatic N) is 3. The predicted octanol–water partition coefficient (Wildman–Crippen LogP) is 0.996. The van der Waals surface area contributed by atoms with E-state index < -0.39 is 17.7 Å². The highest BCUT2D eigenvalue weighted by Crippen LogP contribution is 2.43. The number of benzene rings is 1. The van der Waals surface area contributed by atoms with Crippen molar-refractivity contribution in [3.63, 3.8) is 0 Å². The molecule has 7 nitrogen and oxygen atoms in total. The number of ether oxygens (including phenoxy) is 1. The molecule has 2 amide bonds. The SMILES string of the molecule is COc1ccc(CN2C(=O)C3CC(O)CN3C3(CN(C4CCCC4)C3)C2=O)cc1. The van der Waals surface area contributed by atoms with E-state index in [2.05, 4.69) is 4.90 Å². The van der Waals surface area contributed by atoms with Crippen molar-refractivity contribution in [3.8, 4) is 5.75 Å². The zero-order chi connectivity index (χ0) is 20.2. The van der Waals surface area contributed by atoms with E-state index in [1.54, 1.807) is 7.11 Å². The highest BCUT2D eigenvalue weighted by atomic mass is 16.5. The Balaban J connectivity index is 1.40. The monoisotopic (exact) mass is 399 g/mol. The molecule has 1 aromatic rings. The molecule has 2 unspecified atom stereocenters. The van der Waals surface area contributed by atoms with Crippen LogP contribution in [-0.2, 0) is 16.1 Å². The van der Waals surface area contributed by atoms with Gasteiger partial charge in [-0.2, -0.15) is 0 Å². The van der Waals surface area contributed by atoms with Crippen LogP contribution >= 0.6 is 0 Å². The molecule has 1 spiro atoms. The summed E-state index contributed by atoms with van der Waals surface area (Å²) in [5, 5.41) is 10.3. The molecule has 0 aromatic heterocycles. The van der Waals surface area contributed by atoms with Crippen molar-refractivity contribution >= 4 is 11.8 Å². The van der Waals surface area contributed by atoms with E-state index in [1.807, 2.05) is 29.2 Å². The standard InChI is InChI=1S/C22H29N3O4/c1-29-18-8-6-15(7-9-18)11-24-20(27)19-10-17(26)12-25(19)22(21(24)28)13-23(14-22)16-4-2-3-5-16/h6-9,16-17,19,26H,2-5,10-14H2,1H3. The first-order valence-electron chi connectivity index (χ1n) is 10.7. The molecule has 5 rings (SSSR count). The van der Waals surface area contributed by atoms with Crippen LogP contribution in [0.2, 0.25) is 0 Å². The number of likely N-dealkylation sites (tertiary alicyclic amines) is 1. The largest absolute Gasteiger partial charge is 0.497 e. The minimum absolute atomic E-state index is 0.0992. The third-order valence-electron chi connectivity index (χ3n) is 7.29. The normalized spacial score (nSPS) is 30.1. The Morgan fingerprint density at radius 1 is 1.14 bits per heavy atom. The van der Waals surface area contributed by atoms with Gasteiger partial charge in [0.15, 0.2) is 0 Å². The van der Waals surface area contributed by atoms with Gasteiger partial charge in [0.1, 0.15) is 11.3 Å². The summed E-state index contributed by atoms with van der Waals surface area (Å²) in [4.78, 5) is 32.6. The fraction of sp³-hybridized carbons (Fsp3) is 0.636. The second-order valence-corrected chi connectivity index (χ2v) is 9.01. The maximum absolute atomic E-state index is 13.6. The molecule has 29 heavy (non-hydrogen) atoms. The number of imide groups is 1. The van der Waals surface area contributed by atoms with Crippen LogP contribution in [0.1, 0.15) is 37.7 Å². The van der Waals surface area contributed by atoms with Crippen LogP contribution in [0.4, 0.5) is 0 Å². The van der Waals surface area contributed by atoms with Crippen molar-refractivity contribution in [1.29, 1.82) is 0 Å². The fourth-order valence-corrected chi connectivity index (χ4v) is 5.71. The molecule has 1 aromatic carbocycles. The van der Waals surface area contributed by atoms with Crippen LogP contribution < -0.4 is 4.74 Å². The van der Waals surface area contributed by atoms with Crippen LogP contribution in [-0.4, -0.2) is 82.1 Å². The number of rotatable bonds is 4. The van der Waals surface area contributed by atoms with Gasteiger partial charge in [0, 0.05) is 25.7 Å². The third kappa shape index (κ3) is 2.98. The zero-order valence-corrected chi connectivity index (χ0v) is 16.9. The van der Waals surface area contributed by atoms with Crippen molar-refractivity contribution in [3.05, 3.63) is 29.8 Å². The first-order valence-corrected chi connectivity index (χ1v) is 10.7. The molecule has 2 atom stereocenters. The van der Waals surface area contributed by atoms with E-state index in [1.165, 1.54) is 30.6 Å². The number of carbonyl (C=O) groups is 2. The summed E-state index contributed by atoms with van der Waals surface area (Å²) in [5.41, 5.74) is 0.243. The maximum Gasteiger partial charge on any atom is 0.252 e. The molecule has 156 valence electrons. The molecular formula is C22H29N3O4. The van der Waals surface area contributed by atoms with Crippen LogP contribution in [0.15, 0.2) is 24.3 Å². The van der Waals surface area contributed by atoms with Crippen molar-refractivity contribution < 1.29 is 19.4 Å². The number of methoxy groups -OCH3 is 1. The molecule has 1 aliphatic carbocycles. The Labute approximate surface area is 171 Å². The van der Waals surface area contributed by atoms with Crippen molar-refractivity contribution in [2.75, 3.05) is 26.7 Å². The zero-order valence-electron chi connectivity index (χ0n) is 16.9. The topological polar surface area (TPSA) is 73.3 Å². The lowest BCUT2D eigenvalue weighted by molar-refractivity contribution is -0.183. The summed E-state index contributed by atoms with van der Waals surface area (Å²) >= 11 is 0. The van der Waals surface area contributed by atoms with Gasteiger partial charge in [-0.3, -0.25) is 24.3 Å². The molecule has 4 fully saturated rings. The lowest BCUT2D eigenvalue weighted by Crippen LogP contribution is -2.82. The van der Waals surface area contributed by atoms with Crippen molar-refractivity contribution in [1.82, 2.24) is 14.7 Å². The Morgan fingerprint density at radius 3 is 2.48 bits per heavy atom. The van der Waals surface area contributed by atoms with Crippen molar-refractivity contribution in [2.24, 2.45) is 0 Å². The number of carbonyl (C=O) groups excluding carboxylic acids is 2. The molecule has 4 aliphatic rings. The number of β-amino-alcohol motifs (C(OH)–C–C–N with tert-alkyl or cyclic N) is 1. The van der Waals surface area contributed by atoms with Gasteiger partial charge < -0.3 is 9.84 Å². The predicted molar refractivity (Wildman–Crippen MR) is 106 cm³/mol. The minimum atomic E-state index is -0.662. The number of piperazine rings is 1. The quantitative estimate of drug-likeness (QED) is 0.762. The van der Waals surface area contributed by atoms with Gasteiger partial charge in [-0.15, -0.1) is 0 Å². The summed E-state index contributed by atoms with van der Waals surface area (Å²) < 4.78 is 5.20. The minimum Gasteiger partial charge on any atom is -0.497 e.